The minimum Gasteiger partial charge on any atom is -0.486 e. The van der Waals surface area contributed by atoms with E-state index >= 15 is 0 Å². The lowest BCUT2D eigenvalue weighted by Crippen LogP contribution is -2.28. The Kier molecular flexibility index (Phi) is 3.62. The van der Waals surface area contributed by atoms with Crippen molar-refractivity contribution in [3.05, 3.63) is 17.2 Å². The van der Waals surface area contributed by atoms with E-state index in [1.54, 1.807) is 0 Å². The third-order valence-corrected chi connectivity index (χ3v) is 5.31. The van der Waals surface area contributed by atoms with E-state index in [0.717, 1.165) is 34.0 Å². The van der Waals surface area contributed by atoms with Gasteiger partial charge in [-0.25, -0.2) is 0 Å². The van der Waals surface area contributed by atoms with Crippen molar-refractivity contribution in [1.29, 1.82) is 0 Å². The van der Waals surface area contributed by atoms with Crippen molar-refractivity contribution in [1.82, 2.24) is 0 Å². The molecule has 1 N–H and O–H groups in total. The summed E-state index contributed by atoms with van der Waals surface area (Å²) < 4.78 is 11.2. The smallest absolute Gasteiger partial charge is 0.163 e. The second-order valence-electron chi connectivity index (χ2n) is 6.58. The van der Waals surface area contributed by atoms with Crippen LogP contribution in [-0.4, -0.2) is 19.3 Å². The summed E-state index contributed by atoms with van der Waals surface area (Å²) in [6.07, 6.45) is 8.17. The van der Waals surface area contributed by atoms with Crippen LogP contribution in [0.2, 0.25) is 5.02 Å². The van der Waals surface area contributed by atoms with Crippen LogP contribution in [0.3, 0.4) is 0 Å². The third kappa shape index (κ3) is 2.94. The molecule has 2 aliphatic carbocycles. The van der Waals surface area contributed by atoms with Gasteiger partial charge in [0.2, 0.25) is 0 Å². The zero-order valence-corrected chi connectivity index (χ0v) is 13.0. The highest BCUT2D eigenvalue weighted by Gasteiger charge is 2.34. The topological polar surface area (TPSA) is 30.5 Å². The van der Waals surface area contributed by atoms with Crippen molar-refractivity contribution in [3.63, 3.8) is 0 Å². The summed E-state index contributed by atoms with van der Waals surface area (Å²) in [7, 11) is 0. The molecule has 1 heterocycles. The first kappa shape index (κ1) is 13.6. The number of hydrogen-bond donors (Lipinski definition) is 1. The monoisotopic (exact) mass is 307 g/mol. The largest absolute Gasteiger partial charge is 0.486 e. The molecule has 0 aromatic heterocycles. The van der Waals surface area contributed by atoms with Gasteiger partial charge in [-0.1, -0.05) is 24.4 Å². The molecule has 3 aliphatic rings. The van der Waals surface area contributed by atoms with Crippen molar-refractivity contribution in [3.8, 4) is 11.5 Å². The van der Waals surface area contributed by atoms with Gasteiger partial charge < -0.3 is 14.8 Å². The normalized spacial score (nSPS) is 28.2. The lowest BCUT2D eigenvalue weighted by atomic mass is 9.82. The molecule has 4 rings (SSSR count). The lowest BCUT2D eigenvalue weighted by Gasteiger charge is -2.31. The van der Waals surface area contributed by atoms with Crippen molar-refractivity contribution < 1.29 is 9.47 Å². The minimum atomic E-state index is 0.546. The Morgan fingerprint density at radius 1 is 0.952 bits per heavy atom. The Morgan fingerprint density at radius 2 is 1.71 bits per heavy atom. The van der Waals surface area contributed by atoms with Crippen LogP contribution in [0.15, 0.2) is 12.1 Å². The molecule has 3 nitrogen and oxygen atoms in total. The fraction of sp³-hybridized carbons (Fsp3) is 0.647. The second-order valence-corrected chi connectivity index (χ2v) is 6.99. The number of benzene rings is 1. The highest BCUT2D eigenvalue weighted by atomic mass is 35.5. The van der Waals surface area contributed by atoms with E-state index in [1.165, 1.54) is 38.5 Å². The summed E-state index contributed by atoms with van der Waals surface area (Å²) in [6, 6.07) is 4.42. The highest BCUT2D eigenvalue weighted by molar-refractivity contribution is 6.33. The van der Waals surface area contributed by atoms with E-state index in [9.17, 15) is 0 Å². The summed E-state index contributed by atoms with van der Waals surface area (Å²) in [4.78, 5) is 0. The average Bonchev–Trinajstić information content (AvgIpc) is 3.33. The molecule has 0 saturated heterocycles. The number of fused-ring (bicyclic) bond motifs is 1. The predicted octanol–water partition coefficient (Wildman–Crippen LogP) is 4.49. The number of rotatable bonds is 3. The lowest BCUT2D eigenvalue weighted by molar-refractivity contribution is 0.171. The minimum absolute atomic E-state index is 0.546. The summed E-state index contributed by atoms with van der Waals surface area (Å²) in [5, 5.41) is 4.37. The molecule has 0 bridgehead atoms. The maximum absolute atomic E-state index is 6.39. The molecule has 2 unspecified atom stereocenters. The van der Waals surface area contributed by atoms with E-state index in [-0.39, 0.29) is 0 Å². The van der Waals surface area contributed by atoms with E-state index in [2.05, 4.69) is 5.32 Å². The molecule has 0 spiro atoms. The summed E-state index contributed by atoms with van der Waals surface area (Å²) in [5.74, 6) is 3.50. The van der Waals surface area contributed by atoms with Crippen LogP contribution in [0, 0.1) is 11.8 Å². The van der Waals surface area contributed by atoms with Gasteiger partial charge in [0.1, 0.15) is 13.2 Å². The van der Waals surface area contributed by atoms with Gasteiger partial charge in [0.15, 0.2) is 11.5 Å². The van der Waals surface area contributed by atoms with Gasteiger partial charge in [-0.05, 0) is 37.5 Å². The van der Waals surface area contributed by atoms with Gasteiger partial charge in [0.05, 0.1) is 10.7 Å². The van der Waals surface area contributed by atoms with E-state index in [1.807, 2.05) is 12.1 Å². The van der Waals surface area contributed by atoms with Crippen molar-refractivity contribution in [2.75, 3.05) is 18.5 Å². The van der Waals surface area contributed by atoms with Crippen LogP contribution in [-0.2, 0) is 0 Å². The molecule has 21 heavy (non-hydrogen) atoms. The number of halogens is 1. The first-order valence-corrected chi connectivity index (χ1v) is 8.53. The zero-order valence-electron chi connectivity index (χ0n) is 12.2. The van der Waals surface area contributed by atoms with Crippen LogP contribution in [0.1, 0.15) is 38.5 Å². The van der Waals surface area contributed by atoms with E-state index in [0.29, 0.717) is 19.3 Å². The third-order valence-electron chi connectivity index (χ3n) is 4.99. The van der Waals surface area contributed by atoms with Gasteiger partial charge in [0.25, 0.3) is 0 Å². The molecular weight excluding hydrogens is 286 g/mol. The maximum Gasteiger partial charge on any atom is 0.163 e. The number of nitrogens with one attached hydrogen (secondary N) is 1. The molecular formula is C17H22ClNO2. The standard InChI is InChI=1S/C17H22ClNO2/c18-14-9-16-17(21-7-6-20-16)10-15(14)19-13-3-1-2-12(8-13)11-4-5-11/h9-13,19H,1-8H2. The van der Waals surface area contributed by atoms with Crippen LogP contribution in [0.25, 0.3) is 0 Å². The molecule has 1 aromatic rings. The Bertz CT molecular complexity index is 530. The Hall–Kier alpha value is -1.09. The van der Waals surface area contributed by atoms with Crippen LogP contribution in [0.5, 0.6) is 11.5 Å². The molecule has 4 heteroatoms. The van der Waals surface area contributed by atoms with Gasteiger partial charge >= 0.3 is 0 Å². The Morgan fingerprint density at radius 3 is 2.48 bits per heavy atom. The summed E-state index contributed by atoms with van der Waals surface area (Å²) in [6.45, 7) is 1.21. The Balaban J connectivity index is 1.48. The summed E-state index contributed by atoms with van der Waals surface area (Å²) >= 11 is 6.39. The van der Waals surface area contributed by atoms with Crippen molar-refractivity contribution in [2.45, 2.75) is 44.6 Å². The number of anilines is 1. The number of hydrogen-bond acceptors (Lipinski definition) is 3. The molecule has 1 aromatic carbocycles. The molecule has 114 valence electrons. The molecule has 2 atom stereocenters. The van der Waals surface area contributed by atoms with Crippen LogP contribution < -0.4 is 14.8 Å². The van der Waals surface area contributed by atoms with Gasteiger partial charge in [-0.15, -0.1) is 0 Å². The fourth-order valence-electron chi connectivity index (χ4n) is 3.75. The van der Waals surface area contributed by atoms with Gasteiger partial charge in [0, 0.05) is 18.2 Å². The van der Waals surface area contributed by atoms with Crippen molar-refractivity contribution >= 4 is 17.3 Å². The molecule has 2 fully saturated rings. The zero-order chi connectivity index (χ0) is 14.2. The quantitative estimate of drug-likeness (QED) is 0.892. The first-order chi connectivity index (χ1) is 10.3. The number of ether oxygens (including phenoxy) is 2. The SMILES string of the molecule is Clc1cc2c(cc1NC1CCCC(C3CC3)C1)OCCO2. The van der Waals surface area contributed by atoms with Crippen LogP contribution >= 0.6 is 11.6 Å². The van der Waals surface area contributed by atoms with E-state index in [4.69, 9.17) is 21.1 Å². The molecule has 0 amide bonds. The first-order valence-electron chi connectivity index (χ1n) is 8.15. The molecule has 2 saturated carbocycles. The van der Waals surface area contributed by atoms with Crippen LogP contribution in [0.4, 0.5) is 5.69 Å². The predicted molar refractivity (Wildman–Crippen MR) is 84.5 cm³/mol. The highest BCUT2D eigenvalue weighted by Crippen LogP contribution is 2.45. The fourth-order valence-corrected chi connectivity index (χ4v) is 3.96. The maximum atomic E-state index is 6.39. The molecule has 1 aliphatic heterocycles. The van der Waals surface area contributed by atoms with Gasteiger partial charge in [-0.3, -0.25) is 0 Å². The summed E-state index contributed by atoms with van der Waals surface area (Å²) in [5.41, 5.74) is 0.988. The Labute approximate surface area is 131 Å². The van der Waals surface area contributed by atoms with Crippen molar-refractivity contribution in [2.24, 2.45) is 11.8 Å². The van der Waals surface area contributed by atoms with Gasteiger partial charge in [-0.2, -0.15) is 0 Å². The molecule has 0 radical (unpaired) electrons. The van der Waals surface area contributed by atoms with E-state index < -0.39 is 0 Å². The second kappa shape index (κ2) is 5.60. The average molecular weight is 308 g/mol.